The first-order chi connectivity index (χ1) is 13.5. The zero-order chi connectivity index (χ0) is 20.3. The average Bonchev–Trinajstić information content (AvgIpc) is 3.33. The van der Waals surface area contributed by atoms with E-state index in [1.54, 1.807) is 13.8 Å². The van der Waals surface area contributed by atoms with Gasteiger partial charge in [-0.1, -0.05) is 25.1 Å². The van der Waals surface area contributed by atoms with Crippen molar-refractivity contribution in [1.29, 1.82) is 0 Å². The fourth-order valence-corrected chi connectivity index (χ4v) is 2.87. The van der Waals surface area contributed by atoms with Crippen LogP contribution in [0.4, 0.5) is 0 Å². The van der Waals surface area contributed by atoms with E-state index in [0.29, 0.717) is 29.1 Å². The first-order valence-corrected chi connectivity index (χ1v) is 8.85. The van der Waals surface area contributed by atoms with E-state index >= 15 is 0 Å². The van der Waals surface area contributed by atoms with Crippen molar-refractivity contribution in [3.8, 4) is 11.5 Å². The van der Waals surface area contributed by atoms with Crippen molar-refractivity contribution >= 4 is 11.9 Å². The van der Waals surface area contributed by atoms with Crippen LogP contribution in [0.1, 0.15) is 57.9 Å². The van der Waals surface area contributed by atoms with Crippen molar-refractivity contribution in [2.24, 2.45) is 0 Å². The quantitative estimate of drug-likeness (QED) is 0.648. The van der Waals surface area contributed by atoms with Crippen LogP contribution in [0.25, 0.3) is 11.5 Å². The van der Waals surface area contributed by atoms with Crippen molar-refractivity contribution < 1.29 is 23.5 Å². The number of hydrogen-bond acceptors (Lipinski definition) is 7. The highest BCUT2D eigenvalue weighted by Gasteiger charge is 2.27. The number of ether oxygens (including phenoxy) is 2. The first-order valence-electron chi connectivity index (χ1n) is 8.85. The summed E-state index contributed by atoms with van der Waals surface area (Å²) in [6, 6.07) is 9.30. The third-order valence-corrected chi connectivity index (χ3v) is 4.37. The first kappa shape index (κ1) is 19.3. The minimum Gasteiger partial charge on any atom is -0.465 e. The molecule has 1 unspecified atom stereocenters. The van der Waals surface area contributed by atoms with Crippen LogP contribution in [0.15, 0.2) is 34.7 Å². The third kappa shape index (κ3) is 3.66. The molecule has 0 saturated heterocycles. The third-order valence-electron chi connectivity index (χ3n) is 4.37. The van der Waals surface area contributed by atoms with E-state index in [2.05, 4.69) is 15.2 Å². The summed E-state index contributed by atoms with van der Waals surface area (Å²) in [6.45, 7) is 5.18. The van der Waals surface area contributed by atoms with Crippen molar-refractivity contribution in [3.63, 3.8) is 0 Å². The predicted octanol–water partition coefficient (Wildman–Crippen LogP) is 3.64. The number of hydrogen-bond donors (Lipinski definition) is 1. The molecule has 3 rings (SSSR count). The van der Waals surface area contributed by atoms with Gasteiger partial charge in [-0.3, -0.25) is 0 Å². The van der Waals surface area contributed by atoms with Crippen molar-refractivity contribution in [1.82, 2.24) is 15.2 Å². The lowest BCUT2D eigenvalue weighted by Gasteiger charge is -2.09. The standard InChI is InChI=1S/C20H21N3O5/c1-5-14-15(19(24)26-4)11(2)16(21-14)20(25)27-12(3)17-22-23-18(28-17)13-9-7-6-8-10-13/h6-10,12,21H,5H2,1-4H3. The number of benzene rings is 1. The topological polar surface area (TPSA) is 107 Å². The molecule has 8 heteroatoms. The number of methoxy groups -OCH3 is 1. The fraction of sp³-hybridized carbons (Fsp3) is 0.300. The number of carbonyl (C=O) groups is 2. The molecule has 2 aromatic heterocycles. The summed E-state index contributed by atoms with van der Waals surface area (Å²) >= 11 is 0. The normalized spacial score (nSPS) is 11.9. The predicted molar refractivity (Wildman–Crippen MR) is 99.8 cm³/mol. The van der Waals surface area contributed by atoms with Crippen molar-refractivity contribution in [3.05, 3.63) is 58.7 Å². The number of carbonyl (C=O) groups excluding carboxylic acids is 2. The Morgan fingerprint density at radius 3 is 2.54 bits per heavy atom. The second-order valence-electron chi connectivity index (χ2n) is 6.18. The van der Waals surface area contributed by atoms with E-state index in [4.69, 9.17) is 13.9 Å². The molecule has 0 saturated carbocycles. The van der Waals surface area contributed by atoms with Gasteiger partial charge < -0.3 is 18.9 Å². The number of esters is 2. The van der Waals surface area contributed by atoms with Crippen LogP contribution in [-0.4, -0.2) is 34.2 Å². The number of aromatic nitrogens is 3. The summed E-state index contributed by atoms with van der Waals surface area (Å²) in [6.07, 6.45) is -0.218. The molecule has 0 radical (unpaired) electrons. The SMILES string of the molecule is CCc1[nH]c(C(=O)OC(C)c2nnc(-c3ccccc3)o2)c(C)c1C(=O)OC. The van der Waals surface area contributed by atoms with Crippen molar-refractivity contribution in [2.45, 2.75) is 33.3 Å². The number of nitrogens with one attached hydrogen (secondary N) is 1. The van der Waals surface area contributed by atoms with E-state index < -0.39 is 18.0 Å². The lowest BCUT2D eigenvalue weighted by atomic mass is 10.1. The van der Waals surface area contributed by atoms with E-state index in [-0.39, 0.29) is 11.6 Å². The van der Waals surface area contributed by atoms with Gasteiger partial charge in [-0.05, 0) is 38.0 Å². The summed E-state index contributed by atoms with van der Waals surface area (Å²) in [4.78, 5) is 27.6. The van der Waals surface area contributed by atoms with Gasteiger partial charge in [0.15, 0.2) is 6.10 Å². The molecule has 0 aliphatic heterocycles. The number of aromatic amines is 1. The Kier molecular flexibility index (Phi) is 5.58. The summed E-state index contributed by atoms with van der Waals surface area (Å²) in [5.74, 6) is -0.590. The molecule has 1 N–H and O–H groups in total. The van der Waals surface area contributed by atoms with Gasteiger partial charge >= 0.3 is 11.9 Å². The largest absolute Gasteiger partial charge is 0.465 e. The lowest BCUT2D eigenvalue weighted by molar-refractivity contribution is 0.0272. The summed E-state index contributed by atoms with van der Waals surface area (Å²) in [7, 11) is 1.30. The molecule has 1 atom stereocenters. The van der Waals surface area contributed by atoms with E-state index in [0.717, 1.165) is 5.56 Å². The summed E-state index contributed by atoms with van der Waals surface area (Å²) < 4.78 is 15.9. The van der Waals surface area contributed by atoms with Crippen LogP contribution in [-0.2, 0) is 15.9 Å². The van der Waals surface area contributed by atoms with Crippen LogP contribution >= 0.6 is 0 Å². The minimum absolute atomic E-state index is 0.181. The molecule has 0 spiro atoms. The van der Waals surface area contributed by atoms with E-state index in [1.165, 1.54) is 7.11 Å². The molecule has 0 bridgehead atoms. The highest BCUT2D eigenvalue weighted by atomic mass is 16.6. The maximum atomic E-state index is 12.6. The molecular formula is C20H21N3O5. The molecule has 0 aliphatic carbocycles. The molecule has 2 heterocycles. The average molecular weight is 383 g/mol. The second kappa shape index (κ2) is 8.08. The van der Waals surface area contributed by atoms with Gasteiger partial charge in [0.1, 0.15) is 5.69 Å². The Morgan fingerprint density at radius 1 is 1.18 bits per heavy atom. The van der Waals surface area contributed by atoms with Gasteiger partial charge in [0, 0.05) is 11.3 Å². The van der Waals surface area contributed by atoms with Gasteiger partial charge in [0.25, 0.3) is 5.89 Å². The maximum absolute atomic E-state index is 12.6. The number of aryl methyl sites for hydroxylation is 1. The van der Waals surface area contributed by atoms with Gasteiger partial charge in [0.05, 0.1) is 12.7 Å². The van der Waals surface area contributed by atoms with Crippen molar-refractivity contribution in [2.75, 3.05) is 7.11 Å². The fourth-order valence-electron chi connectivity index (χ4n) is 2.87. The van der Waals surface area contributed by atoms with Gasteiger partial charge in [-0.15, -0.1) is 10.2 Å². The van der Waals surface area contributed by atoms with E-state index in [1.807, 2.05) is 37.3 Å². The molecule has 28 heavy (non-hydrogen) atoms. The number of rotatable bonds is 6. The summed E-state index contributed by atoms with van der Waals surface area (Å²) in [5.41, 5.74) is 2.43. The maximum Gasteiger partial charge on any atom is 0.355 e. The zero-order valence-corrected chi connectivity index (χ0v) is 16.1. The second-order valence-corrected chi connectivity index (χ2v) is 6.18. The van der Waals surface area contributed by atoms with Gasteiger partial charge in [-0.2, -0.15) is 0 Å². The Bertz CT molecular complexity index is 991. The summed E-state index contributed by atoms with van der Waals surface area (Å²) in [5, 5.41) is 7.96. The Labute approximate surface area is 161 Å². The molecule has 8 nitrogen and oxygen atoms in total. The molecule has 0 aliphatic rings. The Hall–Kier alpha value is -3.42. The molecule has 0 fully saturated rings. The highest BCUT2D eigenvalue weighted by Crippen LogP contribution is 2.25. The zero-order valence-electron chi connectivity index (χ0n) is 16.1. The highest BCUT2D eigenvalue weighted by molar-refractivity contribution is 5.98. The molecule has 3 aromatic rings. The van der Waals surface area contributed by atoms with Crippen LogP contribution < -0.4 is 0 Å². The number of nitrogens with zero attached hydrogens (tertiary/aromatic N) is 2. The van der Waals surface area contributed by atoms with Crippen LogP contribution in [0, 0.1) is 6.92 Å². The Morgan fingerprint density at radius 2 is 1.89 bits per heavy atom. The number of H-pyrrole nitrogens is 1. The molecule has 146 valence electrons. The van der Waals surface area contributed by atoms with Gasteiger partial charge in [-0.25, -0.2) is 9.59 Å². The minimum atomic E-state index is -0.758. The molecule has 1 aromatic carbocycles. The van der Waals surface area contributed by atoms with Crippen LogP contribution in [0.5, 0.6) is 0 Å². The van der Waals surface area contributed by atoms with Crippen LogP contribution in [0.3, 0.4) is 0 Å². The van der Waals surface area contributed by atoms with E-state index in [9.17, 15) is 9.59 Å². The Balaban J connectivity index is 1.79. The molecule has 0 amide bonds. The van der Waals surface area contributed by atoms with Gasteiger partial charge in [0.2, 0.25) is 5.89 Å². The van der Waals surface area contributed by atoms with Crippen LogP contribution in [0.2, 0.25) is 0 Å². The smallest absolute Gasteiger partial charge is 0.355 e. The molecular weight excluding hydrogens is 362 g/mol. The lowest BCUT2D eigenvalue weighted by Crippen LogP contribution is -2.11. The monoisotopic (exact) mass is 383 g/mol.